The molecule has 0 saturated carbocycles. The van der Waals surface area contributed by atoms with Crippen molar-refractivity contribution in [1.29, 1.82) is 5.39 Å². The Hall–Kier alpha value is -3.65. The normalized spacial score (nSPS) is 21.0. The first-order valence-electron chi connectivity index (χ1n) is 9.08. The van der Waals surface area contributed by atoms with Gasteiger partial charge in [-0.1, -0.05) is 36.4 Å². The predicted octanol–water partition coefficient (Wildman–Crippen LogP) is 5.23. The van der Waals surface area contributed by atoms with Gasteiger partial charge in [-0.25, -0.2) is 0 Å². The summed E-state index contributed by atoms with van der Waals surface area (Å²) in [6.45, 7) is 1.96. The average molecular weight is 370 g/mol. The minimum Gasteiger partial charge on any atom is -0.496 e. The van der Waals surface area contributed by atoms with Gasteiger partial charge in [-0.2, -0.15) is 0 Å². The van der Waals surface area contributed by atoms with Gasteiger partial charge in [0.15, 0.2) is 4.98 Å². The molecule has 1 aliphatic heterocycles. The summed E-state index contributed by atoms with van der Waals surface area (Å²) >= 11 is 0. The molecule has 5 nitrogen and oxygen atoms in total. The molecule has 2 atom stereocenters. The summed E-state index contributed by atoms with van der Waals surface area (Å²) in [7, 11) is 1.64. The molecule has 0 spiro atoms. The van der Waals surface area contributed by atoms with E-state index < -0.39 is 5.41 Å². The fourth-order valence-electron chi connectivity index (χ4n) is 4.03. The summed E-state index contributed by atoms with van der Waals surface area (Å²) in [5.74, 6) is 0.762. The third kappa shape index (κ3) is 2.54. The standard InChI is InChI=1S/C23H20N3O2/c1-23(16-12-14-17(25-24)15-13-16)21(19-10-6-7-11-20(19)28-2)26(22(23)27)18-8-4-3-5-9-18/h3-15,21H,1-2H3/q+1/t21-,23-/m1/s1. The number of methoxy groups -OCH3 is 1. The number of carbonyl (C=O) groups excluding carboxylic acids is 1. The first kappa shape index (κ1) is 17.7. The van der Waals surface area contributed by atoms with Gasteiger partial charge in [0, 0.05) is 23.4 Å². The van der Waals surface area contributed by atoms with Gasteiger partial charge in [-0.3, -0.25) is 4.79 Å². The molecule has 1 aliphatic rings. The number of carbonyl (C=O) groups is 1. The van der Waals surface area contributed by atoms with Crippen molar-refractivity contribution < 1.29 is 9.53 Å². The molecule has 0 bridgehead atoms. The van der Waals surface area contributed by atoms with E-state index in [2.05, 4.69) is 4.98 Å². The molecular weight excluding hydrogens is 350 g/mol. The Morgan fingerprint density at radius 2 is 1.61 bits per heavy atom. The van der Waals surface area contributed by atoms with Crippen molar-refractivity contribution in [3.8, 4) is 5.75 Å². The SMILES string of the molecule is COc1ccccc1[C@H]1N(c2ccccc2)C(=O)[C@]1(C)c1ccc([N+]#N)cc1. The molecule has 5 heteroatoms. The predicted molar refractivity (Wildman–Crippen MR) is 108 cm³/mol. The highest BCUT2D eigenvalue weighted by Gasteiger charge is 2.60. The van der Waals surface area contributed by atoms with Crippen LogP contribution in [0.15, 0.2) is 78.9 Å². The average Bonchev–Trinajstić information content (AvgIpc) is 2.77. The quantitative estimate of drug-likeness (QED) is 0.467. The number of diazo groups is 1. The largest absolute Gasteiger partial charge is 0.496 e. The van der Waals surface area contributed by atoms with Crippen LogP contribution in [-0.2, 0) is 10.2 Å². The van der Waals surface area contributed by atoms with Crippen molar-refractivity contribution in [2.45, 2.75) is 18.4 Å². The van der Waals surface area contributed by atoms with Crippen LogP contribution >= 0.6 is 0 Å². The van der Waals surface area contributed by atoms with Gasteiger partial charge in [0.25, 0.3) is 0 Å². The Morgan fingerprint density at radius 1 is 0.964 bits per heavy atom. The van der Waals surface area contributed by atoms with E-state index in [1.54, 1.807) is 19.2 Å². The minimum absolute atomic E-state index is 0.0169. The summed E-state index contributed by atoms with van der Waals surface area (Å²) in [6, 6.07) is 24.3. The third-order valence-electron chi connectivity index (χ3n) is 5.52. The van der Waals surface area contributed by atoms with Crippen LogP contribution in [0.4, 0.5) is 11.4 Å². The molecule has 1 amide bonds. The molecule has 28 heavy (non-hydrogen) atoms. The number of rotatable bonds is 4. The topological polar surface area (TPSA) is 57.7 Å². The van der Waals surface area contributed by atoms with Gasteiger partial charge in [-0.05, 0) is 42.8 Å². The maximum absolute atomic E-state index is 13.4. The number of para-hydroxylation sites is 2. The number of hydrogen-bond acceptors (Lipinski definition) is 3. The molecule has 0 aromatic heterocycles. The zero-order valence-electron chi connectivity index (χ0n) is 15.7. The third-order valence-corrected chi connectivity index (χ3v) is 5.52. The van der Waals surface area contributed by atoms with Crippen molar-refractivity contribution in [3.63, 3.8) is 0 Å². The Balaban J connectivity index is 1.87. The van der Waals surface area contributed by atoms with E-state index in [-0.39, 0.29) is 11.9 Å². The highest BCUT2D eigenvalue weighted by Crippen LogP contribution is 2.55. The van der Waals surface area contributed by atoms with Crippen LogP contribution in [0.5, 0.6) is 5.75 Å². The van der Waals surface area contributed by atoms with E-state index in [0.29, 0.717) is 5.69 Å². The lowest BCUT2D eigenvalue weighted by Gasteiger charge is -2.55. The van der Waals surface area contributed by atoms with Crippen molar-refractivity contribution in [2.24, 2.45) is 0 Å². The summed E-state index contributed by atoms with van der Waals surface area (Å²) in [4.78, 5) is 18.5. The van der Waals surface area contributed by atoms with Crippen molar-refractivity contribution in [2.75, 3.05) is 12.0 Å². The number of amides is 1. The molecule has 0 radical (unpaired) electrons. The number of benzene rings is 3. The second kappa shape index (κ2) is 6.82. The van der Waals surface area contributed by atoms with Gasteiger partial charge >= 0.3 is 5.69 Å². The maximum Gasteiger partial charge on any atom is 0.385 e. The van der Waals surface area contributed by atoms with Crippen LogP contribution in [0, 0.1) is 5.39 Å². The molecular formula is C23H20N3O2+. The molecule has 1 saturated heterocycles. The van der Waals surface area contributed by atoms with Crippen molar-refractivity contribution in [3.05, 3.63) is 95.0 Å². The Kier molecular flexibility index (Phi) is 4.32. The second-order valence-corrected chi connectivity index (χ2v) is 7.00. The highest BCUT2D eigenvalue weighted by atomic mass is 16.5. The van der Waals surface area contributed by atoms with Gasteiger partial charge < -0.3 is 9.64 Å². The van der Waals surface area contributed by atoms with Crippen LogP contribution in [-0.4, -0.2) is 13.0 Å². The van der Waals surface area contributed by atoms with Crippen LogP contribution < -0.4 is 9.64 Å². The first-order valence-corrected chi connectivity index (χ1v) is 9.08. The molecule has 3 aromatic rings. The van der Waals surface area contributed by atoms with Crippen molar-refractivity contribution >= 4 is 17.3 Å². The molecule has 3 aromatic carbocycles. The molecule has 1 fully saturated rings. The number of anilines is 1. The highest BCUT2D eigenvalue weighted by molar-refractivity contribution is 6.10. The first-order chi connectivity index (χ1) is 13.6. The van der Waals surface area contributed by atoms with Crippen LogP contribution in [0.1, 0.15) is 24.1 Å². The lowest BCUT2D eigenvalue weighted by Crippen LogP contribution is -2.65. The molecule has 0 aliphatic carbocycles. The number of hydrogen-bond donors (Lipinski definition) is 0. The monoisotopic (exact) mass is 370 g/mol. The Labute approximate surface area is 163 Å². The smallest absolute Gasteiger partial charge is 0.385 e. The van der Waals surface area contributed by atoms with Gasteiger partial charge in [0.2, 0.25) is 11.3 Å². The van der Waals surface area contributed by atoms with E-state index >= 15 is 0 Å². The molecule has 4 rings (SSSR count). The summed E-state index contributed by atoms with van der Waals surface area (Å²) < 4.78 is 5.60. The van der Waals surface area contributed by atoms with E-state index in [0.717, 1.165) is 22.6 Å². The zero-order chi connectivity index (χ0) is 19.7. The molecule has 1 heterocycles. The van der Waals surface area contributed by atoms with Crippen LogP contribution in [0.3, 0.4) is 0 Å². The van der Waals surface area contributed by atoms with Gasteiger partial charge in [-0.15, -0.1) is 0 Å². The van der Waals surface area contributed by atoms with E-state index in [9.17, 15) is 4.79 Å². The van der Waals surface area contributed by atoms with E-state index in [1.807, 2.05) is 78.6 Å². The summed E-state index contributed by atoms with van der Waals surface area (Å²) in [6.07, 6.45) is 0. The van der Waals surface area contributed by atoms with Crippen LogP contribution in [0.2, 0.25) is 0 Å². The number of β-lactam (4-membered cyclic amide) rings is 1. The second-order valence-electron chi connectivity index (χ2n) is 7.00. The van der Waals surface area contributed by atoms with E-state index in [4.69, 9.17) is 10.1 Å². The van der Waals surface area contributed by atoms with E-state index in [1.165, 1.54) is 0 Å². The fourth-order valence-corrected chi connectivity index (χ4v) is 4.03. The minimum atomic E-state index is -0.765. The lowest BCUT2D eigenvalue weighted by atomic mass is 9.64. The zero-order valence-corrected chi connectivity index (χ0v) is 15.7. The maximum atomic E-state index is 13.4. The van der Waals surface area contributed by atoms with Crippen LogP contribution in [0.25, 0.3) is 4.98 Å². The number of nitrogens with zero attached hydrogens (tertiary/aromatic N) is 3. The molecule has 138 valence electrons. The van der Waals surface area contributed by atoms with Gasteiger partial charge in [0.1, 0.15) is 5.75 Å². The van der Waals surface area contributed by atoms with Gasteiger partial charge in [0.05, 0.1) is 18.6 Å². The fraction of sp³-hybridized carbons (Fsp3) is 0.174. The summed E-state index contributed by atoms with van der Waals surface area (Å²) in [5.41, 5.74) is 2.36. The molecule has 0 unspecified atom stereocenters. The Morgan fingerprint density at radius 3 is 2.25 bits per heavy atom. The Bertz CT molecular complexity index is 1060. The lowest BCUT2D eigenvalue weighted by molar-refractivity contribution is -0.132. The van der Waals surface area contributed by atoms with Crippen molar-refractivity contribution in [1.82, 2.24) is 0 Å². The number of ether oxygens (including phenoxy) is 1. The molecule has 0 N–H and O–H groups in total. The summed E-state index contributed by atoms with van der Waals surface area (Å²) in [5, 5.41) is 8.98.